The van der Waals surface area contributed by atoms with Crippen LogP contribution in [0.2, 0.25) is 0 Å². The van der Waals surface area contributed by atoms with E-state index < -0.39 is 11.6 Å². The molecule has 5 heteroatoms. The number of halogens is 2. The molecule has 2 aliphatic rings. The van der Waals surface area contributed by atoms with Crippen molar-refractivity contribution in [3.8, 4) is 0 Å². The van der Waals surface area contributed by atoms with Crippen molar-refractivity contribution in [2.24, 2.45) is 0 Å². The zero-order chi connectivity index (χ0) is 15.7. The van der Waals surface area contributed by atoms with Crippen LogP contribution in [0, 0.1) is 11.6 Å². The summed E-state index contributed by atoms with van der Waals surface area (Å²) in [6.07, 6.45) is 4.19. The summed E-state index contributed by atoms with van der Waals surface area (Å²) in [7, 11) is 0. The van der Waals surface area contributed by atoms with E-state index in [-0.39, 0.29) is 11.4 Å². The number of rotatable bonds is 2. The summed E-state index contributed by atoms with van der Waals surface area (Å²) in [4.78, 5) is 15.8. The Morgan fingerprint density at radius 3 is 2.50 bits per heavy atom. The van der Waals surface area contributed by atoms with Gasteiger partial charge in [0.1, 0.15) is 0 Å². The zero-order valence-corrected chi connectivity index (χ0v) is 12.9. The number of amides is 1. The van der Waals surface area contributed by atoms with E-state index in [4.69, 9.17) is 0 Å². The Balaban J connectivity index is 1.71. The average molecular weight is 308 g/mol. The summed E-state index contributed by atoms with van der Waals surface area (Å²) in [6.45, 7) is 4.84. The smallest absolute Gasteiger partial charge is 0.219 e. The highest BCUT2D eigenvalue weighted by atomic mass is 19.2. The molecule has 0 N–H and O–H groups in total. The first-order valence-electron chi connectivity index (χ1n) is 7.95. The van der Waals surface area contributed by atoms with Crippen LogP contribution in [0.3, 0.4) is 0 Å². The molecule has 1 amide bonds. The van der Waals surface area contributed by atoms with Gasteiger partial charge in [-0.1, -0.05) is 6.07 Å². The molecule has 120 valence electrons. The highest BCUT2D eigenvalue weighted by Crippen LogP contribution is 2.39. The van der Waals surface area contributed by atoms with Crippen molar-refractivity contribution in [3.05, 3.63) is 35.4 Å². The molecule has 0 atom stereocenters. The van der Waals surface area contributed by atoms with E-state index in [9.17, 15) is 13.6 Å². The lowest BCUT2D eigenvalue weighted by atomic mass is 9.84. The summed E-state index contributed by atoms with van der Waals surface area (Å²) in [5.41, 5.74) is 0.936. The van der Waals surface area contributed by atoms with Crippen LogP contribution >= 0.6 is 0 Å². The number of carbonyl (C=O) groups excluding carboxylic acids is 1. The largest absolute Gasteiger partial charge is 0.343 e. The molecule has 0 radical (unpaired) electrons. The Morgan fingerprint density at radius 1 is 1.14 bits per heavy atom. The molecule has 0 saturated carbocycles. The highest BCUT2D eigenvalue weighted by Gasteiger charge is 2.43. The molecule has 1 aromatic carbocycles. The van der Waals surface area contributed by atoms with Gasteiger partial charge in [-0.3, -0.25) is 9.69 Å². The quantitative estimate of drug-likeness (QED) is 0.838. The minimum absolute atomic E-state index is 0.122. The van der Waals surface area contributed by atoms with Gasteiger partial charge in [0, 0.05) is 32.1 Å². The van der Waals surface area contributed by atoms with Crippen molar-refractivity contribution in [2.75, 3.05) is 19.6 Å². The lowest BCUT2D eigenvalue weighted by molar-refractivity contribution is -0.131. The molecule has 22 heavy (non-hydrogen) atoms. The normalized spacial score (nSPS) is 21.5. The summed E-state index contributed by atoms with van der Waals surface area (Å²) in [5, 5.41) is 0. The third kappa shape index (κ3) is 2.86. The molecule has 0 unspecified atom stereocenters. The van der Waals surface area contributed by atoms with Crippen molar-refractivity contribution in [1.82, 2.24) is 9.80 Å². The number of benzene rings is 1. The maximum Gasteiger partial charge on any atom is 0.219 e. The molecule has 2 aliphatic heterocycles. The number of piperidine rings is 1. The number of hydrogen-bond acceptors (Lipinski definition) is 2. The van der Waals surface area contributed by atoms with E-state index in [2.05, 4.69) is 4.90 Å². The van der Waals surface area contributed by atoms with Gasteiger partial charge in [0.05, 0.1) is 0 Å². The van der Waals surface area contributed by atoms with Crippen molar-refractivity contribution in [1.29, 1.82) is 0 Å². The highest BCUT2D eigenvalue weighted by molar-refractivity contribution is 5.73. The van der Waals surface area contributed by atoms with E-state index in [1.807, 2.05) is 4.90 Å². The van der Waals surface area contributed by atoms with Crippen LogP contribution < -0.4 is 0 Å². The van der Waals surface area contributed by atoms with Gasteiger partial charge in [0.15, 0.2) is 11.6 Å². The molecule has 1 aromatic rings. The van der Waals surface area contributed by atoms with Crippen LogP contribution in [-0.4, -0.2) is 40.9 Å². The molecule has 1 spiro atoms. The van der Waals surface area contributed by atoms with Gasteiger partial charge in [0.2, 0.25) is 5.91 Å². The maximum absolute atomic E-state index is 13.4. The van der Waals surface area contributed by atoms with Crippen LogP contribution in [-0.2, 0) is 11.3 Å². The maximum atomic E-state index is 13.4. The molecule has 3 nitrogen and oxygen atoms in total. The minimum atomic E-state index is -0.797. The fraction of sp³-hybridized carbons (Fsp3) is 0.588. The van der Waals surface area contributed by atoms with Crippen molar-refractivity contribution >= 4 is 5.91 Å². The van der Waals surface area contributed by atoms with E-state index >= 15 is 0 Å². The second-order valence-corrected chi connectivity index (χ2v) is 6.50. The van der Waals surface area contributed by atoms with Crippen LogP contribution in [0.1, 0.15) is 38.2 Å². The lowest BCUT2D eigenvalue weighted by Gasteiger charge is -2.45. The first kappa shape index (κ1) is 15.4. The van der Waals surface area contributed by atoms with Gasteiger partial charge in [-0.05, 0) is 49.9 Å². The Labute approximate surface area is 129 Å². The van der Waals surface area contributed by atoms with E-state index in [0.717, 1.165) is 50.9 Å². The van der Waals surface area contributed by atoms with Crippen LogP contribution in [0.5, 0.6) is 0 Å². The summed E-state index contributed by atoms with van der Waals surface area (Å²) in [6, 6.07) is 4.16. The lowest BCUT2D eigenvalue weighted by Crippen LogP contribution is -2.52. The van der Waals surface area contributed by atoms with Gasteiger partial charge in [-0.15, -0.1) is 0 Å². The third-order valence-electron chi connectivity index (χ3n) is 5.24. The molecule has 2 saturated heterocycles. The molecule has 0 bridgehead atoms. The number of hydrogen-bond donors (Lipinski definition) is 0. The van der Waals surface area contributed by atoms with Gasteiger partial charge in [-0.25, -0.2) is 8.78 Å². The number of nitrogens with zero attached hydrogens (tertiary/aromatic N) is 2. The Hall–Kier alpha value is -1.49. The van der Waals surface area contributed by atoms with E-state index in [1.165, 1.54) is 12.1 Å². The third-order valence-corrected chi connectivity index (χ3v) is 5.24. The van der Waals surface area contributed by atoms with Gasteiger partial charge < -0.3 is 4.90 Å². The van der Waals surface area contributed by atoms with Gasteiger partial charge in [0.25, 0.3) is 0 Å². The van der Waals surface area contributed by atoms with E-state index in [0.29, 0.717) is 6.54 Å². The molecule has 0 aromatic heterocycles. The number of carbonyl (C=O) groups is 1. The topological polar surface area (TPSA) is 23.6 Å². The van der Waals surface area contributed by atoms with Crippen molar-refractivity contribution < 1.29 is 13.6 Å². The first-order chi connectivity index (χ1) is 10.5. The Morgan fingerprint density at radius 2 is 1.86 bits per heavy atom. The second-order valence-electron chi connectivity index (χ2n) is 6.50. The monoisotopic (exact) mass is 308 g/mol. The first-order valence-corrected chi connectivity index (χ1v) is 7.95. The minimum Gasteiger partial charge on any atom is -0.343 e. The fourth-order valence-electron chi connectivity index (χ4n) is 3.90. The second kappa shape index (κ2) is 5.95. The zero-order valence-electron chi connectivity index (χ0n) is 12.9. The van der Waals surface area contributed by atoms with Crippen molar-refractivity contribution in [2.45, 2.75) is 44.7 Å². The van der Waals surface area contributed by atoms with Gasteiger partial charge in [-0.2, -0.15) is 0 Å². The summed E-state index contributed by atoms with van der Waals surface area (Å²) in [5.74, 6) is -1.44. The Kier molecular flexibility index (Phi) is 4.17. The predicted octanol–water partition coefficient (Wildman–Crippen LogP) is 2.94. The van der Waals surface area contributed by atoms with E-state index in [1.54, 1.807) is 13.0 Å². The molecule has 3 rings (SSSR count). The molecule has 2 fully saturated rings. The van der Waals surface area contributed by atoms with Crippen LogP contribution in [0.15, 0.2) is 18.2 Å². The van der Waals surface area contributed by atoms with Crippen LogP contribution in [0.25, 0.3) is 0 Å². The fourth-order valence-corrected chi connectivity index (χ4v) is 3.90. The predicted molar refractivity (Wildman–Crippen MR) is 80.2 cm³/mol. The Bertz CT molecular complexity index is 568. The van der Waals surface area contributed by atoms with Crippen LogP contribution in [0.4, 0.5) is 8.78 Å². The summed E-state index contributed by atoms with van der Waals surface area (Å²) < 4.78 is 26.4. The van der Waals surface area contributed by atoms with Crippen molar-refractivity contribution in [3.63, 3.8) is 0 Å². The molecular formula is C17H22F2N2O. The molecule has 2 heterocycles. The molecule has 0 aliphatic carbocycles. The van der Waals surface area contributed by atoms with Gasteiger partial charge >= 0.3 is 0 Å². The standard InChI is InChI=1S/C17H22F2N2O/c1-13(22)20-9-6-17(7-10-20)5-2-8-21(17)12-14-3-4-15(18)16(19)11-14/h3-4,11H,2,5-10,12H2,1H3. The molecular weight excluding hydrogens is 286 g/mol. The SMILES string of the molecule is CC(=O)N1CCC2(CCCN2Cc2ccc(F)c(F)c2)CC1. The summed E-state index contributed by atoms with van der Waals surface area (Å²) >= 11 is 0. The number of likely N-dealkylation sites (tertiary alicyclic amines) is 2. The average Bonchev–Trinajstić information content (AvgIpc) is 2.86.